The average Bonchev–Trinajstić information content (AvgIpc) is 3.42. The summed E-state index contributed by atoms with van der Waals surface area (Å²) in [6, 6.07) is 6.00. The van der Waals surface area contributed by atoms with Crippen LogP contribution in [0, 0.1) is 0 Å². The Labute approximate surface area is 178 Å². The van der Waals surface area contributed by atoms with Gasteiger partial charge in [0.15, 0.2) is 0 Å². The van der Waals surface area contributed by atoms with E-state index in [-0.39, 0.29) is 30.1 Å². The molecule has 2 aromatic heterocycles. The lowest BCUT2D eigenvalue weighted by Crippen LogP contribution is -2.27. The van der Waals surface area contributed by atoms with Crippen LogP contribution in [0.1, 0.15) is 32.7 Å². The van der Waals surface area contributed by atoms with Crippen molar-refractivity contribution >= 4 is 40.4 Å². The van der Waals surface area contributed by atoms with Crippen molar-refractivity contribution in [3.05, 3.63) is 70.3 Å². The number of benzene rings is 1. The zero-order valence-corrected chi connectivity index (χ0v) is 16.6. The molecule has 0 saturated heterocycles. The second-order valence-corrected chi connectivity index (χ2v) is 7.07. The van der Waals surface area contributed by atoms with E-state index in [0.29, 0.717) is 5.56 Å². The monoisotopic (exact) mass is 451 g/mol. The van der Waals surface area contributed by atoms with Crippen molar-refractivity contribution in [2.24, 2.45) is 0 Å². The van der Waals surface area contributed by atoms with Crippen molar-refractivity contribution in [3.8, 4) is 0 Å². The van der Waals surface area contributed by atoms with Crippen molar-refractivity contribution in [3.63, 3.8) is 0 Å². The first-order valence-electron chi connectivity index (χ1n) is 8.89. The summed E-state index contributed by atoms with van der Waals surface area (Å²) in [5.41, 5.74) is -1.08. The first kappa shape index (κ1) is 22.1. The van der Waals surface area contributed by atoms with Crippen LogP contribution in [0.4, 0.5) is 24.5 Å². The van der Waals surface area contributed by atoms with E-state index in [2.05, 4.69) is 16.0 Å². The fourth-order valence-corrected chi connectivity index (χ4v) is 3.20. The summed E-state index contributed by atoms with van der Waals surface area (Å²) in [5, 5.41) is 10.4. The summed E-state index contributed by atoms with van der Waals surface area (Å²) in [5.74, 6) is -1.71. The Morgan fingerprint density at radius 1 is 1.00 bits per heavy atom. The summed E-state index contributed by atoms with van der Waals surface area (Å²) in [4.78, 5) is 35.9. The molecule has 0 bridgehead atoms. The van der Waals surface area contributed by atoms with Gasteiger partial charge in [0.05, 0.1) is 23.1 Å². The predicted molar refractivity (Wildman–Crippen MR) is 108 cm³/mol. The van der Waals surface area contributed by atoms with E-state index in [0.717, 1.165) is 18.4 Å². The molecule has 3 rings (SSSR count). The van der Waals surface area contributed by atoms with Crippen LogP contribution in [0.5, 0.6) is 0 Å². The Morgan fingerprint density at radius 2 is 1.81 bits per heavy atom. The normalized spacial score (nSPS) is 11.1. The maximum Gasteiger partial charge on any atom is 0.418 e. The molecule has 0 unspecified atom stereocenters. The van der Waals surface area contributed by atoms with Gasteiger partial charge in [0, 0.05) is 29.6 Å². The summed E-state index contributed by atoms with van der Waals surface area (Å²) >= 11 is 1.34. The van der Waals surface area contributed by atoms with Gasteiger partial charge in [-0.3, -0.25) is 14.4 Å². The first-order valence-corrected chi connectivity index (χ1v) is 9.83. The van der Waals surface area contributed by atoms with E-state index < -0.39 is 29.2 Å². The molecule has 3 N–H and O–H groups in total. The molecule has 3 amide bonds. The molecular formula is C20H16F3N3O4S. The average molecular weight is 451 g/mol. The summed E-state index contributed by atoms with van der Waals surface area (Å²) in [6.45, 7) is -0.0410. The minimum atomic E-state index is -4.77. The highest BCUT2D eigenvalue weighted by atomic mass is 32.1. The molecule has 3 aromatic rings. The number of hydrogen-bond donors (Lipinski definition) is 3. The predicted octanol–water partition coefficient (Wildman–Crippen LogP) is 4.37. The lowest BCUT2D eigenvalue weighted by atomic mass is 10.1. The van der Waals surface area contributed by atoms with Crippen LogP contribution in [-0.2, 0) is 11.0 Å². The SMILES string of the molecule is O=C(CCNC(=O)c1ccsc1)Nc1ccc(NC(=O)c2ccoc2)cc1C(F)(F)F. The quantitative estimate of drug-likeness (QED) is 0.497. The maximum absolute atomic E-state index is 13.5. The van der Waals surface area contributed by atoms with Crippen molar-refractivity contribution in [1.29, 1.82) is 0 Å². The van der Waals surface area contributed by atoms with E-state index >= 15 is 0 Å². The molecule has 11 heteroatoms. The summed E-state index contributed by atoms with van der Waals surface area (Å²) < 4.78 is 45.2. The van der Waals surface area contributed by atoms with Gasteiger partial charge >= 0.3 is 6.18 Å². The van der Waals surface area contributed by atoms with Gasteiger partial charge < -0.3 is 20.4 Å². The Morgan fingerprint density at radius 3 is 2.45 bits per heavy atom. The minimum Gasteiger partial charge on any atom is -0.472 e. The van der Waals surface area contributed by atoms with Gasteiger partial charge in [-0.25, -0.2) is 0 Å². The molecule has 0 aliphatic heterocycles. The topological polar surface area (TPSA) is 100 Å². The van der Waals surface area contributed by atoms with E-state index in [1.807, 2.05) is 0 Å². The third kappa shape index (κ3) is 5.95. The molecule has 0 atom stereocenters. The summed E-state index contributed by atoms with van der Waals surface area (Å²) in [7, 11) is 0. The minimum absolute atomic E-state index is 0.0410. The largest absolute Gasteiger partial charge is 0.472 e. The number of amides is 3. The molecule has 31 heavy (non-hydrogen) atoms. The third-order valence-electron chi connectivity index (χ3n) is 4.06. The second kappa shape index (κ2) is 9.47. The van der Waals surface area contributed by atoms with E-state index in [1.54, 1.807) is 16.8 Å². The van der Waals surface area contributed by atoms with Crippen LogP contribution in [0.15, 0.2) is 58.0 Å². The van der Waals surface area contributed by atoms with Crippen LogP contribution in [0.2, 0.25) is 0 Å². The number of carbonyl (C=O) groups excluding carboxylic acids is 3. The fourth-order valence-electron chi connectivity index (χ4n) is 2.56. The Balaban J connectivity index is 1.63. The van der Waals surface area contributed by atoms with E-state index in [9.17, 15) is 27.6 Å². The number of alkyl halides is 3. The number of rotatable bonds is 7. The number of halogens is 3. The van der Waals surface area contributed by atoms with Crippen LogP contribution in [-0.4, -0.2) is 24.3 Å². The number of furan rings is 1. The maximum atomic E-state index is 13.5. The van der Waals surface area contributed by atoms with Gasteiger partial charge in [0.1, 0.15) is 6.26 Å². The van der Waals surface area contributed by atoms with Gasteiger partial charge in [0.25, 0.3) is 11.8 Å². The van der Waals surface area contributed by atoms with Gasteiger partial charge in [-0.1, -0.05) is 0 Å². The molecule has 0 fully saturated rings. The molecule has 7 nitrogen and oxygen atoms in total. The van der Waals surface area contributed by atoms with Gasteiger partial charge in [-0.05, 0) is 35.7 Å². The van der Waals surface area contributed by atoms with Crippen molar-refractivity contribution < 1.29 is 32.0 Å². The Hall–Kier alpha value is -3.60. The van der Waals surface area contributed by atoms with Gasteiger partial charge in [0.2, 0.25) is 5.91 Å². The van der Waals surface area contributed by atoms with Gasteiger partial charge in [-0.15, -0.1) is 0 Å². The zero-order chi connectivity index (χ0) is 22.4. The molecule has 162 valence electrons. The third-order valence-corrected chi connectivity index (χ3v) is 4.74. The molecule has 0 aliphatic rings. The van der Waals surface area contributed by atoms with E-state index in [1.165, 1.54) is 29.7 Å². The molecule has 0 aliphatic carbocycles. The Kier molecular flexibility index (Phi) is 6.75. The van der Waals surface area contributed by atoms with Crippen LogP contribution >= 0.6 is 11.3 Å². The number of hydrogen-bond acceptors (Lipinski definition) is 5. The highest BCUT2D eigenvalue weighted by Gasteiger charge is 2.34. The van der Waals surface area contributed by atoms with Crippen LogP contribution in [0.3, 0.4) is 0 Å². The molecule has 2 heterocycles. The lowest BCUT2D eigenvalue weighted by molar-refractivity contribution is -0.136. The number of carbonyl (C=O) groups is 3. The zero-order valence-electron chi connectivity index (χ0n) is 15.8. The van der Waals surface area contributed by atoms with Gasteiger partial charge in [-0.2, -0.15) is 24.5 Å². The van der Waals surface area contributed by atoms with Crippen LogP contribution in [0.25, 0.3) is 0 Å². The molecule has 1 aromatic carbocycles. The smallest absolute Gasteiger partial charge is 0.418 e. The molecule has 0 radical (unpaired) electrons. The molecular weight excluding hydrogens is 435 g/mol. The van der Waals surface area contributed by atoms with E-state index in [4.69, 9.17) is 4.42 Å². The van der Waals surface area contributed by atoms with Crippen molar-refractivity contribution in [2.45, 2.75) is 12.6 Å². The van der Waals surface area contributed by atoms with Crippen LogP contribution < -0.4 is 16.0 Å². The first-order chi connectivity index (χ1) is 14.7. The van der Waals surface area contributed by atoms with Crippen molar-refractivity contribution in [1.82, 2.24) is 5.32 Å². The molecule has 0 spiro atoms. The van der Waals surface area contributed by atoms with Crippen molar-refractivity contribution in [2.75, 3.05) is 17.2 Å². The fraction of sp³-hybridized carbons (Fsp3) is 0.150. The highest BCUT2D eigenvalue weighted by Crippen LogP contribution is 2.36. The lowest BCUT2D eigenvalue weighted by Gasteiger charge is -2.16. The Bertz CT molecular complexity index is 1060. The number of thiophene rings is 1. The number of nitrogens with one attached hydrogen (secondary N) is 3. The standard InChI is InChI=1S/C20H16F3N3O4S/c21-20(22,23)15-9-14(25-19(29)12-4-7-30-10-12)1-2-16(15)26-17(27)3-6-24-18(28)13-5-8-31-11-13/h1-2,4-5,7-11H,3,6H2,(H,24,28)(H,25,29)(H,26,27). The number of anilines is 2. The molecule has 0 saturated carbocycles. The summed E-state index contributed by atoms with van der Waals surface area (Å²) in [6.07, 6.45) is -2.57. The highest BCUT2D eigenvalue weighted by molar-refractivity contribution is 7.08. The second-order valence-electron chi connectivity index (χ2n) is 6.29.